The van der Waals surface area contributed by atoms with Crippen LogP contribution in [0.2, 0.25) is 0 Å². The molecule has 0 fully saturated rings. The van der Waals surface area contributed by atoms with E-state index in [1.807, 2.05) is 6.07 Å². The van der Waals surface area contributed by atoms with Crippen molar-refractivity contribution in [3.63, 3.8) is 0 Å². The lowest BCUT2D eigenvalue weighted by atomic mass is 9.82. The molecule has 0 radical (unpaired) electrons. The summed E-state index contributed by atoms with van der Waals surface area (Å²) in [5.74, 6) is 2.83. The normalized spacial score (nSPS) is 11.8. The van der Waals surface area contributed by atoms with Crippen molar-refractivity contribution in [3.8, 4) is 56.2 Å². The van der Waals surface area contributed by atoms with Crippen LogP contribution in [0.1, 0.15) is 112 Å². The molecule has 0 aliphatic carbocycles. The van der Waals surface area contributed by atoms with Crippen molar-refractivity contribution in [2.75, 3.05) is 0 Å². The first kappa shape index (κ1) is 35.9. The fraction of sp³-hybridized carbons (Fsp3) is 0.312. The van der Waals surface area contributed by atoms with Crippen LogP contribution in [0.15, 0.2) is 103 Å². The van der Waals surface area contributed by atoms with E-state index < -0.39 is 0 Å². The van der Waals surface area contributed by atoms with Crippen LogP contribution < -0.4 is 4.57 Å². The molecule has 262 valence electrons. The number of aromatic nitrogens is 2. The van der Waals surface area contributed by atoms with Crippen LogP contribution in [0.25, 0.3) is 50.5 Å². The zero-order chi connectivity index (χ0) is 36.7. The minimum atomic E-state index is 0.300. The Morgan fingerprint density at radius 1 is 0.549 bits per heavy atom. The minimum Gasteiger partial charge on any atom is -0.507 e. The van der Waals surface area contributed by atoms with Crippen molar-refractivity contribution in [1.82, 2.24) is 4.57 Å². The first-order valence-electron chi connectivity index (χ1n) is 18.7. The maximum Gasteiger partial charge on any atom is 0.294 e. The van der Waals surface area contributed by atoms with Crippen LogP contribution in [-0.4, -0.2) is 9.67 Å². The summed E-state index contributed by atoms with van der Waals surface area (Å²) >= 11 is 0. The lowest BCUT2D eigenvalue weighted by molar-refractivity contribution is -0.659. The van der Waals surface area contributed by atoms with Gasteiger partial charge in [0, 0.05) is 16.7 Å². The summed E-state index contributed by atoms with van der Waals surface area (Å²) in [6, 6.07) is 32.8. The average molecular weight is 676 g/mol. The van der Waals surface area contributed by atoms with Gasteiger partial charge in [0.2, 0.25) is 0 Å². The number of rotatable bonds is 9. The molecule has 1 heterocycles. The molecular weight excluding hydrogens is 621 g/mol. The van der Waals surface area contributed by atoms with E-state index in [-0.39, 0.29) is 0 Å². The van der Waals surface area contributed by atoms with Crippen LogP contribution >= 0.6 is 0 Å². The highest BCUT2D eigenvalue weighted by Crippen LogP contribution is 2.44. The maximum atomic E-state index is 11.9. The Balaban J connectivity index is 1.51. The summed E-state index contributed by atoms with van der Waals surface area (Å²) in [6.07, 6.45) is 4.37. The largest absolute Gasteiger partial charge is 0.507 e. The molecule has 0 aliphatic rings. The zero-order valence-corrected chi connectivity index (χ0v) is 32.5. The number of phenolic OH excluding ortho intramolecular Hbond substituents is 1. The quantitative estimate of drug-likeness (QED) is 0.152. The molecule has 0 saturated carbocycles. The summed E-state index contributed by atoms with van der Waals surface area (Å²) in [6.45, 7) is 22.6. The Labute approximate surface area is 306 Å². The third kappa shape index (κ3) is 6.67. The topological polar surface area (TPSA) is 29.0 Å². The molecular formula is C48H55N2O+. The molecule has 5 aromatic carbocycles. The summed E-state index contributed by atoms with van der Waals surface area (Å²) in [5, 5.41) is 11.9. The van der Waals surface area contributed by atoms with Gasteiger partial charge in [-0.25, -0.2) is 4.57 Å². The third-order valence-electron chi connectivity index (χ3n) is 10.6. The fourth-order valence-electron chi connectivity index (χ4n) is 7.87. The number of aryl methyl sites for hydroxylation is 2. The van der Waals surface area contributed by atoms with Crippen molar-refractivity contribution < 1.29 is 9.67 Å². The lowest BCUT2D eigenvalue weighted by Gasteiger charge is -2.23. The Bertz CT molecular complexity index is 2140. The summed E-state index contributed by atoms with van der Waals surface area (Å²) < 4.78 is 4.63. The van der Waals surface area contributed by atoms with Crippen LogP contribution in [0.5, 0.6) is 5.75 Å². The van der Waals surface area contributed by atoms with E-state index >= 15 is 0 Å². The van der Waals surface area contributed by atoms with Crippen molar-refractivity contribution in [2.45, 2.75) is 92.9 Å². The van der Waals surface area contributed by atoms with E-state index in [1.165, 1.54) is 55.8 Å². The molecule has 1 N–H and O–H groups in total. The number of para-hydroxylation sites is 1. The predicted molar refractivity (Wildman–Crippen MR) is 216 cm³/mol. The molecule has 0 atom stereocenters. The molecule has 0 spiro atoms. The summed E-state index contributed by atoms with van der Waals surface area (Å²) in [4.78, 5) is 0. The van der Waals surface area contributed by atoms with E-state index in [2.05, 4.69) is 183 Å². The van der Waals surface area contributed by atoms with Crippen LogP contribution in [-0.2, 0) is 7.05 Å². The molecule has 0 amide bonds. The van der Waals surface area contributed by atoms with E-state index in [0.29, 0.717) is 29.4 Å². The Kier molecular flexibility index (Phi) is 10.1. The molecule has 3 heteroatoms. The van der Waals surface area contributed by atoms with Gasteiger partial charge in [-0.3, -0.25) is 0 Å². The number of phenols is 1. The number of hydrogen-bond donors (Lipinski definition) is 1. The maximum absolute atomic E-state index is 11.9. The average Bonchev–Trinajstić information content (AvgIpc) is 3.48. The van der Waals surface area contributed by atoms with E-state index in [0.717, 1.165) is 28.1 Å². The first-order chi connectivity index (χ1) is 24.3. The number of nitrogens with zero attached hydrogens (tertiary/aromatic N) is 2. The molecule has 0 saturated heterocycles. The van der Waals surface area contributed by atoms with Gasteiger partial charge in [-0.1, -0.05) is 140 Å². The summed E-state index contributed by atoms with van der Waals surface area (Å²) in [5.41, 5.74) is 16.8. The number of benzene rings is 5. The molecule has 3 nitrogen and oxygen atoms in total. The number of aromatic hydroxyl groups is 1. The van der Waals surface area contributed by atoms with E-state index in [9.17, 15) is 5.11 Å². The van der Waals surface area contributed by atoms with Crippen molar-refractivity contribution in [1.29, 1.82) is 0 Å². The van der Waals surface area contributed by atoms with Crippen molar-refractivity contribution >= 4 is 0 Å². The molecule has 51 heavy (non-hydrogen) atoms. The Morgan fingerprint density at radius 2 is 1.12 bits per heavy atom. The molecule has 6 rings (SSSR count). The Hall–Kier alpha value is -4.89. The first-order valence-corrected chi connectivity index (χ1v) is 18.7. The van der Waals surface area contributed by atoms with Gasteiger partial charge in [-0.2, -0.15) is 4.57 Å². The standard InChI is InChI=1S/C48H54N2O/c1-29(2)38-18-15-19-39(30(3)4)47(38)50-25-24-49(11)48(50)45-33(9)20-22-40(34(45)10)41-23-21-36(28-44(41)51)46-42(31(5)6)26-37(27-43(46)32(7)8)35-16-13-12-14-17-35/h12-32H,1-11H3/p+1. The molecule has 0 unspecified atom stereocenters. The number of imidazole rings is 1. The van der Waals surface area contributed by atoms with Gasteiger partial charge in [-0.15, -0.1) is 0 Å². The monoisotopic (exact) mass is 675 g/mol. The van der Waals surface area contributed by atoms with Crippen LogP contribution in [0.3, 0.4) is 0 Å². The van der Waals surface area contributed by atoms with E-state index in [1.54, 1.807) is 0 Å². The highest BCUT2D eigenvalue weighted by molar-refractivity contribution is 5.85. The molecule has 6 aromatic rings. The second-order valence-electron chi connectivity index (χ2n) is 15.6. The van der Waals surface area contributed by atoms with Gasteiger partial charge in [-0.05, 0) is 93.7 Å². The third-order valence-corrected chi connectivity index (χ3v) is 10.6. The van der Waals surface area contributed by atoms with Crippen LogP contribution in [0, 0.1) is 13.8 Å². The SMILES string of the molecule is Cc1ccc(-c2ccc(-c3c(C(C)C)cc(-c4ccccc4)cc3C(C)C)cc2O)c(C)c1-c1n(-c2c(C(C)C)cccc2C(C)C)cc[n+]1C. The van der Waals surface area contributed by atoms with Gasteiger partial charge in [0.25, 0.3) is 5.82 Å². The second kappa shape index (κ2) is 14.4. The Morgan fingerprint density at radius 3 is 1.67 bits per heavy atom. The molecule has 0 aliphatic heterocycles. The lowest BCUT2D eigenvalue weighted by Crippen LogP contribution is -2.30. The van der Waals surface area contributed by atoms with Crippen molar-refractivity contribution in [2.24, 2.45) is 7.05 Å². The van der Waals surface area contributed by atoms with Gasteiger partial charge < -0.3 is 5.11 Å². The fourth-order valence-corrected chi connectivity index (χ4v) is 7.87. The second-order valence-corrected chi connectivity index (χ2v) is 15.6. The zero-order valence-electron chi connectivity index (χ0n) is 32.5. The van der Waals surface area contributed by atoms with E-state index in [4.69, 9.17) is 0 Å². The highest BCUT2D eigenvalue weighted by Gasteiger charge is 2.29. The molecule has 0 bridgehead atoms. The van der Waals surface area contributed by atoms with Gasteiger partial charge in [0.15, 0.2) is 0 Å². The van der Waals surface area contributed by atoms with Crippen molar-refractivity contribution in [3.05, 3.63) is 137 Å². The van der Waals surface area contributed by atoms with Gasteiger partial charge in [0.05, 0.1) is 12.6 Å². The smallest absolute Gasteiger partial charge is 0.294 e. The minimum absolute atomic E-state index is 0.300. The predicted octanol–water partition coefficient (Wildman–Crippen LogP) is 12.8. The highest BCUT2D eigenvalue weighted by atomic mass is 16.3. The van der Waals surface area contributed by atoms with Crippen LogP contribution in [0.4, 0.5) is 0 Å². The molecule has 1 aromatic heterocycles. The van der Waals surface area contributed by atoms with Gasteiger partial charge >= 0.3 is 0 Å². The number of hydrogen-bond acceptors (Lipinski definition) is 1. The summed E-state index contributed by atoms with van der Waals surface area (Å²) in [7, 11) is 2.14. The van der Waals surface area contributed by atoms with Gasteiger partial charge in [0.1, 0.15) is 23.8 Å².